The van der Waals surface area contributed by atoms with Gasteiger partial charge in [0.15, 0.2) is 0 Å². The Kier molecular flexibility index (Phi) is 8.83. The maximum absolute atomic E-state index is 13.1. The molecule has 0 unspecified atom stereocenters. The number of hydrogen-bond acceptors (Lipinski definition) is 4. The molecule has 1 atom stereocenters. The van der Waals surface area contributed by atoms with Crippen LogP contribution in [0.15, 0.2) is 77.7 Å². The fourth-order valence-electron chi connectivity index (χ4n) is 4.10. The Hall–Kier alpha value is -2.14. The summed E-state index contributed by atoms with van der Waals surface area (Å²) in [6, 6.07) is 18.4. The minimum Gasteiger partial charge on any atom is -0.368 e. The summed E-state index contributed by atoms with van der Waals surface area (Å²) in [4.78, 5) is 2.19. The van der Waals surface area contributed by atoms with Gasteiger partial charge >= 0.3 is 6.18 Å². The number of benzene rings is 3. The normalized spacial score (nSPS) is 16.6. The van der Waals surface area contributed by atoms with Gasteiger partial charge in [0.05, 0.1) is 23.3 Å². The summed E-state index contributed by atoms with van der Waals surface area (Å²) in [5, 5.41) is 0.757. The minimum absolute atomic E-state index is 0.0871. The summed E-state index contributed by atoms with van der Waals surface area (Å²) in [6.07, 6.45) is -4.79. The molecule has 0 N–H and O–H groups in total. The molecule has 0 aliphatic carbocycles. The molecule has 5 nitrogen and oxygen atoms in total. The number of hydrogen-bond donors (Lipinski definition) is 0. The van der Waals surface area contributed by atoms with Gasteiger partial charge in [-0.2, -0.15) is 17.5 Å². The van der Waals surface area contributed by atoms with Crippen molar-refractivity contribution in [3.63, 3.8) is 0 Å². The SMILES string of the molecule is O=S(=O)(c1ccccc1Cl)N1CCN(C[C@@H](OCc2ccc(C(F)(F)F)cc2)c2ccc(Cl)cc2)CC1. The van der Waals surface area contributed by atoms with Crippen molar-refractivity contribution in [2.24, 2.45) is 0 Å². The number of nitrogens with zero attached hydrogens (tertiary/aromatic N) is 2. The van der Waals surface area contributed by atoms with Crippen LogP contribution < -0.4 is 0 Å². The molecule has 0 spiro atoms. The molecule has 0 saturated carbocycles. The number of piperazine rings is 1. The molecular formula is C26H25Cl2F3N2O3S. The van der Waals surface area contributed by atoms with Crippen LogP contribution in [0.4, 0.5) is 13.2 Å². The molecule has 0 radical (unpaired) electrons. The van der Waals surface area contributed by atoms with Crippen molar-refractivity contribution in [3.05, 3.63) is 99.5 Å². The van der Waals surface area contributed by atoms with Crippen molar-refractivity contribution in [3.8, 4) is 0 Å². The van der Waals surface area contributed by atoms with Crippen molar-refractivity contribution in [2.75, 3.05) is 32.7 Å². The van der Waals surface area contributed by atoms with E-state index in [0.717, 1.165) is 17.7 Å². The molecule has 1 heterocycles. The summed E-state index contributed by atoms with van der Waals surface area (Å²) in [5.41, 5.74) is 0.764. The molecule has 1 aliphatic heterocycles. The highest BCUT2D eigenvalue weighted by Gasteiger charge is 2.31. The van der Waals surface area contributed by atoms with Crippen molar-refractivity contribution in [2.45, 2.75) is 23.8 Å². The fourth-order valence-corrected chi connectivity index (χ4v) is 6.14. The minimum atomic E-state index is -4.40. The van der Waals surface area contributed by atoms with Crippen LogP contribution in [0.2, 0.25) is 10.0 Å². The highest BCUT2D eigenvalue weighted by atomic mass is 35.5. The second-order valence-electron chi connectivity index (χ2n) is 8.68. The second-order valence-corrected chi connectivity index (χ2v) is 11.4. The first kappa shape index (κ1) is 27.9. The number of alkyl halides is 3. The van der Waals surface area contributed by atoms with Gasteiger partial charge in [-0.1, -0.05) is 59.6 Å². The van der Waals surface area contributed by atoms with Gasteiger partial charge in [-0.25, -0.2) is 8.42 Å². The number of rotatable bonds is 8. The molecule has 3 aromatic carbocycles. The van der Waals surface area contributed by atoms with Gasteiger partial charge in [0.1, 0.15) is 4.90 Å². The quantitative estimate of drug-likeness (QED) is 0.319. The zero-order valence-corrected chi connectivity index (χ0v) is 22.0. The molecule has 198 valence electrons. The van der Waals surface area contributed by atoms with Crippen LogP contribution >= 0.6 is 23.2 Å². The Balaban J connectivity index is 1.42. The van der Waals surface area contributed by atoms with Gasteiger partial charge in [0.2, 0.25) is 10.0 Å². The van der Waals surface area contributed by atoms with Crippen molar-refractivity contribution in [1.82, 2.24) is 9.21 Å². The molecule has 37 heavy (non-hydrogen) atoms. The Morgan fingerprint density at radius 2 is 1.49 bits per heavy atom. The summed E-state index contributed by atoms with van der Waals surface area (Å²) < 4.78 is 72.3. The van der Waals surface area contributed by atoms with Gasteiger partial charge in [-0.05, 0) is 47.5 Å². The van der Waals surface area contributed by atoms with E-state index in [2.05, 4.69) is 4.90 Å². The summed E-state index contributed by atoms with van der Waals surface area (Å²) >= 11 is 12.2. The lowest BCUT2D eigenvalue weighted by Crippen LogP contribution is -2.49. The van der Waals surface area contributed by atoms with Gasteiger partial charge in [-0.15, -0.1) is 0 Å². The maximum atomic E-state index is 13.1. The van der Waals surface area contributed by atoms with E-state index in [9.17, 15) is 21.6 Å². The van der Waals surface area contributed by atoms with Crippen LogP contribution in [0.3, 0.4) is 0 Å². The third-order valence-corrected chi connectivity index (χ3v) is 8.83. The molecule has 1 aliphatic rings. The van der Waals surface area contributed by atoms with Crippen molar-refractivity contribution < 1.29 is 26.3 Å². The molecule has 3 aromatic rings. The molecule has 0 amide bonds. The van der Waals surface area contributed by atoms with E-state index < -0.39 is 27.9 Å². The number of sulfonamides is 1. The zero-order chi connectivity index (χ0) is 26.6. The molecule has 0 aromatic heterocycles. The van der Waals surface area contributed by atoms with E-state index in [4.69, 9.17) is 27.9 Å². The van der Waals surface area contributed by atoms with E-state index in [1.54, 1.807) is 30.3 Å². The van der Waals surface area contributed by atoms with Crippen molar-refractivity contribution >= 4 is 33.2 Å². The number of halogens is 5. The van der Waals surface area contributed by atoms with E-state index in [1.807, 2.05) is 12.1 Å². The van der Waals surface area contributed by atoms with Crippen LogP contribution in [0, 0.1) is 0 Å². The zero-order valence-electron chi connectivity index (χ0n) is 19.7. The highest BCUT2D eigenvalue weighted by Crippen LogP contribution is 2.30. The third-order valence-electron chi connectivity index (χ3n) is 6.18. The fraction of sp³-hybridized carbons (Fsp3) is 0.308. The van der Waals surface area contributed by atoms with E-state index in [0.29, 0.717) is 43.3 Å². The van der Waals surface area contributed by atoms with E-state index >= 15 is 0 Å². The molecule has 4 rings (SSSR count). The summed E-state index contributed by atoms with van der Waals surface area (Å²) in [6.45, 7) is 2.14. The third kappa shape index (κ3) is 7.04. The highest BCUT2D eigenvalue weighted by molar-refractivity contribution is 7.89. The van der Waals surface area contributed by atoms with E-state index in [1.165, 1.54) is 22.5 Å². The number of ether oxygens (including phenoxy) is 1. The van der Waals surface area contributed by atoms with Crippen molar-refractivity contribution in [1.29, 1.82) is 0 Å². The standard InChI is InChI=1S/C26H25Cl2F3N2O3S/c27-22-11-7-20(8-12-22)24(36-18-19-5-9-21(10-6-19)26(29,30)31)17-32-13-15-33(16-14-32)37(34,35)25-4-2-1-3-23(25)28/h1-12,24H,13-18H2/t24-/m1/s1. The van der Waals surface area contributed by atoms with Crippen LogP contribution in [-0.4, -0.2) is 50.3 Å². The lowest BCUT2D eigenvalue weighted by molar-refractivity contribution is -0.137. The first-order valence-electron chi connectivity index (χ1n) is 11.5. The largest absolute Gasteiger partial charge is 0.416 e. The summed E-state index contributed by atoms with van der Waals surface area (Å²) in [5.74, 6) is 0. The Morgan fingerprint density at radius 1 is 0.865 bits per heavy atom. The first-order chi connectivity index (χ1) is 17.5. The molecule has 11 heteroatoms. The van der Waals surface area contributed by atoms with Gasteiger partial charge in [0.25, 0.3) is 0 Å². The Morgan fingerprint density at radius 3 is 2.08 bits per heavy atom. The topological polar surface area (TPSA) is 49.9 Å². The van der Waals surface area contributed by atoms with Gasteiger partial charge in [-0.3, -0.25) is 4.90 Å². The van der Waals surface area contributed by atoms with Gasteiger partial charge < -0.3 is 4.74 Å². The average molecular weight is 573 g/mol. The Labute approximate surface area is 224 Å². The molecule has 1 fully saturated rings. The van der Waals surface area contributed by atoms with Crippen LogP contribution in [0.5, 0.6) is 0 Å². The lowest BCUT2D eigenvalue weighted by atomic mass is 10.1. The predicted molar refractivity (Wildman–Crippen MR) is 137 cm³/mol. The summed E-state index contributed by atoms with van der Waals surface area (Å²) in [7, 11) is -3.71. The van der Waals surface area contributed by atoms with E-state index in [-0.39, 0.29) is 16.5 Å². The van der Waals surface area contributed by atoms with Gasteiger partial charge in [0, 0.05) is 37.7 Å². The first-order valence-corrected chi connectivity index (χ1v) is 13.7. The molecule has 1 saturated heterocycles. The Bertz CT molecular complexity index is 1300. The molecule has 0 bridgehead atoms. The van der Waals surface area contributed by atoms with Crippen LogP contribution in [0.1, 0.15) is 22.8 Å². The average Bonchev–Trinajstić information content (AvgIpc) is 2.87. The van der Waals surface area contributed by atoms with Crippen LogP contribution in [-0.2, 0) is 27.5 Å². The monoisotopic (exact) mass is 572 g/mol. The second kappa shape index (κ2) is 11.7. The maximum Gasteiger partial charge on any atom is 0.416 e. The van der Waals surface area contributed by atoms with Crippen LogP contribution in [0.25, 0.3) is 0 Å². The lowest BCUT2D eigenvalue weighted by Gasteiger charge is -2.36. The molecular weight excluding hydrogens is 548 g/mol. The predicted octanol–water partition coefficient (Wildman–Crippen LogP) is 6.28. The smallest absolute Gasteiger partial charge is 0.368 e.